The first-order valence-electron chi connectivity index (χ1n) is 10.9. The van der Waals surface area contributed by atoms with Crippen LogP contribution in [0.15, 0.2) is 39.1 Å². The number of ketones is 1. The lowest BCUT2D eigenvalue weighted by atomic mass is 9.64. The molecule has 0 fully saturated rings. The largest absolute Gasteiger partial charge is 0.384 e. The Morgan fingerprint density at radius 3 is 2.88 bits per heavy atom. The van der Waals surface area contributed by atoms with Gasteiger partial charge in [0.15, 0.2) is 10.1 Å². The van der Waals surface area contributed by atoms with Crippen LogP contribution in [-0.2, 0) is 15.0 Å². The van der Waals surface area contributed by atoms with Gasteiger partial charge in [-0.05, 0) is 37.8 Å². The number of carbonyl (C=O) groups excluding carboxylic acids is 2. The molecule has 11 heteroatoms. The maximum atomic E-state index is 13.7. The number of rotatable bonds is 4. The molecule has 1 spiro atoms. The number of fused-ring (bicyclic) bond motifs is 3. The molecule has 34 heavy (non-hydrogen) atoms. The van der Waals surface area contributed by atoms with E-state index in [0.29, 0.717) is 51.1 Å². The number of nitrogens with zero attached hydrogens (tertiary/aromatic N) is 4. The second kappa shape index (κ2) is 8.41. The lowest BCUT2D eigenvalue weighted by molar-refractivity contribution is -0.122. The van der Waals surface area contributed by atoms with Crippen molar-refractivity contribution in [2.24, 2.45) is 5.73 Å². The molecular weight excluding hydrogens is 492 g/mol. The van der Waals surface area contributed by atoms with E-state index in [1.54, 1.807) is 35.7 Å². The molecule has 8 nitrogen and oxygen atoms in total. The number of anilines is 2. The van der Waals surface area contributed by atoms with Gasteiger partial charge >= 0.3 is 0 Å². The number of thioether (sulfide) groups is 1. The Morgan fingerprint density at radius 2 is 2.15 bits per heavy atom. The highest BCUT2D eigenvalue weighted by Gasteiger charge is 2.60. The summed E-state index contributed by atoms with van der Waals surface area (Å²) < 4.78 is 0.780. The third-order valence-corrected chi connectivity index (χ3v) is 9.07. The first-order chi connectivity index (χ1) is 16.4. The molecule has 1 atom stereocenters. The fraction of sp³-hybridized carbons (Fsp3) is 0.348. The quantitative estimate of drug-likeness (QED) is 0.577. The first-order valence-corrected chi connectivity index (χ1v) is 13.1. The Balaban J connectivity index is 1.79. The molecule has 2 aliphatic heterocycles. The van der Waals surface area contributed by atoms with E-state index in [1.807, 2.05) is 0 Å². The molecule has 1 aromatic heterocycles. The van der Waals surface area contributed by atoms with Crippen LogP contribution < -0.4 is 16.0 Å². The van der Waals surface area contributed by atoms with E-state index in [1.165, 1.54) is 11.3 Å². The highest BCUT2D eigenvalue weighted by atomic mass is 35.5. The molecule has 174 valence electrons. The van der Waals surface area contributed by atoms with E-state index in [0.717, 1.165) is 16.5 Å². The van der Waals surface area contributed by atoms with Crippen molar-refractivity contribution in [3.8, 4) is 6.07 Å². The maximum absolute atomic E-state index is 13.7. The Labute approximate surface area is 209 Å². The Morgan fingerprint density at radius 1 is 1.35 bits per heavy atom. The third kappa shape index (κ3) is 3.04. The van der Waals surface area contributed by atoms with Gasteiger partial charge in [-0.3, -0.25) is 14.5 Å². The number of nitrogens with two attached hydrogens (primary N) is 1. The SMILES string of the molecule is CCCSc1nnc(N2C(N)=C(C#N)C3(C(=O)Nc4c3ccc(Cl)c4C)C3=C2CCCC3=O)s1. The zero-order valence-electron chi connectivity index (χ0n) is 18.6. The van der Waals surface area contributed by atoms with Crippen LogP contribution in [0.1, 0.15) is 43.7 Å². The number of amides is 1. The number of aromatic nitrogens is 2. The number of hydrogen-bond donors (Lipinski definition) is 2. The molecule has 0 saturated carbocycles. The monoisotopic (exact) mass is 512 g/mol. The number of nitriles is 1. The molecule has 1 aliphatic carbocycles. The zero-order valence-corrected chi connectivity index (χ0v) is 21.0. The molecule has 0 bridgehead atoms. The van der Waals surface area contributed by atoms with Gasteiger partial charge in [-0.1, -0.05) is 47.7 Å². The molecule has 1 unspecified atom stereocenters. The minimum atomic E-state index is -1.61. The van der Waals surface area contributed by atoms with Crippen molar-refractivity contribution < 1.29 is 9.59 Å². The number of nitrogens with one attached hydrogen (secondary N) is 1. The summed E-state index contributed by atoms with van der Waals surface area (Å²) in [6.45, 7) is 3.88. The Bertz CT molecular complexity index is 1360. The second-order valence-electron chi connectivity index (χ2n) is 8.30. The number of Topliss-reactive ketones (excluding diaryl/α,β-unsaturated/α-hetero) is 1. The van der Waals surface area contributed by atoms with E-state index in [9.17, 15) is 14.9 Å². The van der Waals surface area contributed by atoms with Crippen LogP contribution in [0, 0.1) is 18.3 Å². The first kappa shape index (κ1) is 22.9. The van der Waals surface area contributed by atoms with Crippen molar-refractivity contribution in [1.29, 1.82) is 5.26 Å². The molecule has 3 N–H and O–H groups in total. The lowest BCUT2D eigenvalue weighted by Crippen LogP contribution is -2.50. The van der Waals surface area contributed by atoms with Gasteiger partial charge in [0.25, 0.3) is 0 Å². The standard InChI is InChI=1S/C23H21ClN6O2S2/c1-3-9-33-22-29-28-21(34-22)30-15-5-4-6-16(31)17(15)23(13(10-25)19(30)26)12-7-8-14(24)11(2)18(12)27-20(23)32/h7-8H,3-6,9,26H2,1-2H3,(H,27,32). The molecule has 0 saturated heterocycles. The zero-order chi connectivity index (χ0) is 24.2. The van der Waals surface area contributed by atoms with Gasteiger partial charge in [-0.15, -0.1) is 10.2 Å². The van der Waals surface area contributed by atoms with Crippen molar-refractivity contribution in [2.45, 2.75) is 49.3 Å². The molecule has 5 rings (SSSR count). The third-order valence-electron chi connectivity index (χ3n) is 6.41. The van der Waals surface area contributed by atoms with Crippen LogP contribution in [0.4, 0.5) is 10.8 Å². The molecule has 3 aliphatic rings. The smallest absolute Gasteiger partial charge is 0.245 e. The number of halogens is 1. The van der Waals surface area contributed by atoms with E-state index >= 15 is 0 Å². The molecule has 1 amide bonds. The summed E-state index contributed by atoms with van der Waals surface area (Å²) in [4.78, 5) is 28.9. The fourth-order valence-corrected chi connectivity index (χ4v) is 6.90. The van der Waals surface area contributed by atoms with Crippen LogP contribution in [0.25, 0.3) is 0 Å². The summed E-state index contributed by atoms with van der Waals surface area (Å²) in [6, 6.07) is 5.56. The van der Waals surface area contributed by atoms with Gasteiger partial charge in [0, 0.05) is 34.0 Å². The Kier molecular flexibility index (Phi) is 5.67. The van der Waals surface area contributed by atoms with Gasteiger partial charge < -0.3 is 11.1 Å². The summed E-state index contributed by atoms with van der Waals surface area (Å²) in [5.41, 5.74) is 7.65. The van der Waals surface area contributed by atoms with Crippen LogP contribution in [-0.4, -0.2) is 27.6 Å². The van der Waals surface area contributed by atoms with Crippen molar-refractivity contribution in [3.05, 3.63) is 50.9 Å². The van der Waals surface area contributed by atoms with E-state index in [4.69, 9.17) is 17.3 Å². The highest BCUT2D eigenvalue weighted by molar-refractivity contribution is 8.01. The van der Waals surface area contributed by atoms with E-state index in [-0.39, 0.29) is 23.6 Å². The predicted molar refractivity (Wildman–Crippen MR) is 133 cm³/mol. The van der Waals surface area contributed by atoms with Crippen LogP contribution >= 0.6 is 34.7 Å². The lowest BCUT2D eigenvalue weighted by Gasteiger charge is -2.42. The Hall–Kier alpha value is -2.87. The summed E-state index contributed by atoms with van der Waals surface area (Å²) in [6.07, 6.45) is 2.42. The predicted octanol–water partition coefficient (Wildman–Crippen LogP) is 4.41. The van der Waals surface area contributed by atoms with Crippen LogP contribution in [0.5, 0.6) is 0 Å². The normalized spacial score (nSPS) is 21.6. The fourth-order valence-electron chi connectivity index (χ4n) is 4.94. The summed E-state index contributed by atoms with van der Waals surface area (Å²) in [5.74, 6) is 0.353. The molecular formula is C23H21ClN6O2S2. The molecule has 2 aromatic rings. The average Bonchev–Trinajstić information content (AvgIpc) is 3.39. The minimum Gasteiger partial charge on any atom is -0.384 e. The summed E-state index contributed by atoms with van der Waals surface area (Å²) in [5, 5.41) is 22.8. The van der Waals surface area contributed by atoms with Crippen molar-refractivity contribution in [2.75, 3.05) is 16.0 Å². The highest BCUT2D eigenvalue weighted by Crippen LogP contribution is 2.56. The number of hydrogen-bond acceptors (Lipinski definition) is 9. The van der Waals surface area contributed by atoms with Crippen molar-refractivity contribution in [3.63, 3.8) is 0 Å². The van der Waals surface area contributed by atoms with Gasteiger partial charge in [-0.2, -0.15) is 5.26 Å². The molecule has 0 radical (unpaired) electrons. The van der Waals surface area contributed by atoms with E-state index < -0.39 is 11.3 Å². The maximum Gasteiger partial charge on any atom is 0.245 e. The average molecular weight is 513 g/mol. The van der Waals surface area contributed by atoms with Crippen LogP contribution in [0.2, 0.25) is 5.02 Å². The topological polar surface area (TPSA) is 125 Å². The van der Waals surface area contributed by atoms with Gasteiger partial charge in [0.1, 0.15) is 17.3 Å². The second-order valence-corrected chi connectivity index (χ2v) is 11.0. The van der Waals surface area contributed by atoms with Gasteiger partial charge in [0.2, 0.25) is 11.0 Å². The minimum absolute atomic E-state index is 0.0115. The van der Waals surface area contributed by atoms with Gasteiger partial charge in [-0.25, -0.2) is 0 Å². The number of benzene rings is 1. The summed E-state index contributed by atoms with van der Waals surface area (Å²) in [7, 11) is 0. The van der Waals surface area contributed by atoms with Crippen molar-refractivity contribution >= 4 is 57.2 Å². The molecule has 3 heterocycles. The molecule has 1 aromatic carbocycles. The number of carbonyl (C=O) groups is 2. The van der Waals surface area contributed by atoms with Crippen molar-refractivity contribution in [1.82, 2.24) is 10.2 Å². The van der Waals surface area contributed by atoms with E-state index in [2.05, 4.69) is 28.5 Å². The van der Waals surface area contributed by atoms with Crippen LogP contribution in [0.3, 0.4) is 0 Å². The summed E-state index contributed by atoms with van der Waals surface area (Å²) >= 11 is 9.26. The number of allylic oxidation sites excluding steroid dienone is 1. The van der Waals surface area contributed by atoms with Gasteiger partial charge in [0.05, 0.1) is 11.3 Å².